The number of halogens is 2. The second-order valence-corrected chi connectivity index (χ2v) is 6.68. The van der Waals surface area contributed by atoms with Gasteiger partial charge in [0, 0.05) is 37.1 Å². The Labute approximate surface area is 128 Å². The Morgan fingerprint density at radius 3 is 2.82 bits per heavy atom. The number of hydrogen-bond acceptors (Lipinski definition) is 2. The number of benzene rings is 1. The summed E-state index contributed by atoms with van der Waals surface area (Å²) in [6.45, 7) is 4.87. The van der Waals surface area contributed by atoms with E-state index in [4.69, 9.17) is 4.74 Å². The van der Waals surface area contributed by atoms with Crippen LogP contribution in [0.3, 0.4) is 0 Å². The molecule has 1 saturated heterocycles. The fourth-order valence-corrected chi connectivity index (χ4v) is 4.00. The van der Waals surface area contributed by atoms with Gasteiger partial charge in [-0.05, 0) is 18.6 Å². The van der Waals surface area contributed by atoms with Crippen molar-refractivity contribution in [2.45, 2.75) is 32.4 Å². The number of nitrogens with zero attached hydrogens (tertiary/aromatic N) is 1. The van der Waals surface area contributed by atoms with Crippen molar-refractivity contribution >= 4 is 11.7 Å². The average molecular weight is 310 g/mol. The summed E-state index contributed by atoms with van der Waals surface area (Å²) in [5, 5.41) is 2.51. The molecule has 0 radical (unpaired) electrons. The third-order valence-electron chi connectivity index (χ3n) is 4.95. The van der Waals surface area contributed by atoms with E-state index >= 15 is 0 Å². The van der Waals surface area contributed by atoms with Crippen LogP contribution in [-0.2, 0) is 4.74 Å². The van der Waals surface area contributed by atoms with Gasteiger partial charge in [0.25, 0.3) is 0 Å². The van der Waals surface area contributed by atoms with Gasteiger partial charge in [-0.25, -0.2) is 13.6 Å². The Hall–Kier alpha value is -1.69. The molecule has 3 atom stereocenters. The third-order valence-corrected chi connectivity index (χ3v) is 4.95. The molecule has 1 aliphatic heterocycles. The van der Waals surface area contributed by atoms with Gasteiger partial charge >= 0.3 is 6.03 Å². The van der Waals surface area contributed by atoms with E-state index in [-0.39, 0.29) is 23.2 Å². The number of carbonyl (C=O) groups excluding carboxylic acids is 1. The van der Waals surface area contributed by atoms with Gasteiger partial charge in [-0.1, -0.05) is 13.8 Å². The number of rotatable bonds is 2. The van der Waals surface area contributed by atoms with Crippen molar-refractivity contribution < 1.29 is 18.3 Å². The molecule has 2 amide bonds. The predicted octanol–water partition coefficient (Wildman–Crippen LogP) is 3.24. The van der Waals surface area contributed by atoms with Gasteiger partial charge in [0.1, 0.15) is 11.6 Å². The SMILES string of the molecule is CN(C(=O)Nc1ccc(F)cc1F)[C@@H]1[C@H]2CCO[C@H]2C1(C)C. The zero-order chi connectivity index (χ0) is 16.1. The number of fused-ring (bicyclic) bond motifs is 1. The lowest BCUT2D eigenvalue weighted by Crippen LogP contribution is -2.67. The van der Waals surface area contributed by atoms with E-state index in [1.54, 1.807) is 11.9 Å². The molecule has 1 aliphatic carbocycles. The molecule has 1 heterocycles. The maximum Gasteiger partial charge on any atom is 0.321 e. The Morgan fingerprint density at radius 2 is 2.14 bits per heavy atom. The summed E-state index contributed by atoms with van der Waals surface area (Å²) in [7, 11) is 1.71. The molecule has 4 nitrogen and oxygen atoms in total. The highest BCUT2D eigenvalue weighted by Crippen LogP contribution is 2.54. The Balaban J connectivity index is 1.72. The summed E-state index contributed by atoms with van der Waals surface area (Å²) in [5.74, 6) is -1.13. The summed E-state index contributed by atoms with van der Waals surface area (Å²) in [6.07, 6.45) is 1.11. The number of amides is 2. The number of carbonyl (C=O) groups is 1. The second-order valence-electron chi connectivity index (χ2n) is 6.68. The average Bonchev–Trinajstić information content (AvgIpc) is 2.88. The largest absolute Gasteiger partial charge is 0.377 e. The monoisotopic (exact) mass is 310 g/mol. The smallest absolute Gasteiger partial charge is 0.321 e. The topological polar surface area (TPSA) is 41.6 Å². The summed E-state index contributed by atoms with van der Waals surface area (Å²) < 4.78 is 32.3. The van der Waals surface area contributed by atoms with Gasteiger partial charge < -0.3 is 15.0 Å². The molecular formula is C16H20F2N2O2. The second kappa shape index (κ2) is 5.19. The van der Waals surface area contributed by atoms with Crippen molar-refractivity contribution in [3.63, 3.8) is 0 Å². The molecule has 3 rings (SSSR count). The molecule has 0 unspecified atom stereocenters. The van der Waals surface area contributed by atoms with Crippen LogP contribution in [0.4, 0.5) is 19.3 Å². The van der Waals surface area contributed by atoms with E-state index in [0.29, 0.717) is 5.92 Å². The lowest BCUT2D eigenvalue weighted by Gasteiger charge is -2.57. The summed E-state index contributed by atoms with van der Waals surface area (Å²) in [4.78, 5) is 14.0. The van der Waals surface area contributed by atoms with E-state index < -0.39 is 17.7 Å². The minimum absolute atomic E-state index is 0.0189. The standard InChI is InChI=1S/C16H20F2N2O2/c1-16(2)13(10-6-7-22-14(10)16)20(3)15(21)19-12-5-4-9(17)8-11(12)18/h4-5,8,10,13-14H,6-7H2,1-3H3,(H,19,21)/t10-,13-,14-/m1/s1. The van der Waals surface area contributed by atoms with Crippen LogP contribution < -0.4 is 5.32 Å². The minimum atomic E-state index is -0.781. The first-order valence-corrected chi connectivity index (χ1v) is 7.43. The zero-order valence-electron chi connectivity index (χ0n) is 12.9. The Morgan fingerprint density at radius 1 is 1.41 bits per heavy atom. The molecule has 120 valence electrons. The van der Waals surface area contributed by atoms with Crippen LogP contribution in [0.5, 0.6) is 0 Å². The highest BCUT2D eigenvalue weighted by Gasteiger charge is 2.61. The maximum atomic E-state index is 13.6. The van der Waals surface area contributed by atoms with Crippen molar-refractivity contribution in [1.29, 1.82) is 0 Å². The van der Waals surface area contributed by atoms with Crippen LogP contribution >= 0.6 is 0 Å². The highest BCUT2D eigenvalue weighted by molar-refractivity contribution is 5.89. The first-order valence-electron chi connectivity index (χ1n) is 7.43. The highest BCUT2D eigenvalue weighted by atomic mass is 19.1. The zero-order valence-corrected chi connectivity index (χ0v) is 12.9. The number of ether oxygens (including phenoxy) is 1. The van der Waals surface area contributed by atoms with Gasteiger partial charge in [-0.15, -0.1) is 0 Å². The van der Waals surface area contributed by atoms with Crippen LogP contribution in [0.15, 0.2) is 18.2 Å². The van der Waals surface area contributed by atoms with Crippen LogP contribution in [0.1, 0.15) is 20.3 Å². The van der Waals surface area contributed by atoms with Crippen LogP contribution in [0.25, 0.3) is 0 Å². The van der Waals surface area contributed by atoms with E-state index in [9.17, 15) is 13.6 Å². The first-order chi connectivity index (χ1) is 10.3. The number of hydrogen-bond donors (Lipinski definition) is 1. The molecule has 1 aromatic carbocycles. The molecule has 0 spiro atoms. The van der Waals surface area contributed by atoms with Crippen LogP contribution in [0, 0.1) is 23.0 Å². The van der Waals surface area contributed by atoms with Crippen LogP contribution in [0.2, 0.25) is 0 Å². The molecule has 0 aromatic heterocycles. The summed E-state index contributed by atoms with van der Waals surface area (Å²) in [6, 6.07) is 2.75. The molecule has 22 heavy (non-hydrogen) atoms. The quantitative estimate of drug-likeness (QED) is 0.911. The van der Waals surface area contributed by atoms with Gasteiger partial charge in [0.15, 0.2) is 0 Å². The summed E-state index contributed by atoms with van der Waals surface area (Å²) in [5.41, 5.74) is -0.149. The van der Waals surface area contributed by atoms with Crippen molar-refractivity contribution in [3.05, 3.63) is 29.8 Å². The Kier molecular flexibility index (Phi) is 3.59. The van der Waals surface area contributed by atoms with Crippen molar-refractivity contribution in [2.24, 2.45) is 11.3 Å². The van der Waals surface area contributed by atoms with Gasteiger partial charge in [0.2, 0.25) is 0 Å². The number of nitrogens with one attached hydrogen (secondary N) is 1. The molecule has 2 fully saturated rings. The fraction of sp³-hybridized carbons (Fsp3) is 0.562. The molecule has 1 N–H and O–H groups in total. The first kappa shape index (κ1) is 15.2. The maximum absolute atomic E-state index is 13.6. The number of anilines is 1. The molecule has 1 saturated carbocycles. The normalized spacial score (nSPS) is 28.7. The molecule has 6 heteroatoms. The van der Waals surface area contributed by atoms with Gasteiger partial charge in [0.05, 0.1) is 11.8 Å². The van der Waals surface area contributed by atoms with E-state index in [0.717, 1.165) is 25.2 Å². The summed E-state index contributed by atoms with van der Waals surface area (Å²) >= 11 is 0. The molecule has 1 aromatic rings. The number of urea groups is 1. The lowest BCUT2D eigenvalue weighted by molar-refractivity contribution is -0.137. The van der Waals surface area contributed by atoms with Crippen molar-refractivity contribution in [1.82, 2.24) is 4.90 Å². The minimum Gasteiger partial charge on any atom is -0.377 e. The molecular weight excluding hydrogens is 290 g/mol. The third kappa shape index (κ3) is 2.26. The van der Waals surface area contributed by atoms with Gasteiger partial charge in [-0.3, -0.25) is 0 Å². The predicted molar refractivity (Wildman–Crippen MR) is 78.6 cm³/mol. The Bertz CT molecular complexity index is 606. The van der Waals surface area contributed by atoms with E-state index in [1.807, 2.05) is 0 Å². The fourth-order valence-electron chi connectivity index (χ4n) is 4.00. The van der Waals surface area contributed by atoms with E-state index in [1.165, 1.54) is 6.07 Å². The lowest BCUT2D eigenvalue weighted by atomic mass is 9.57. The van der Waals surface area contributed by atoms with E-state index in [2.05, 4.69) is 19.2 Å². The van der Waals surface area contributed by atoms with Crippen LogP contribution in [-0.4, -0.2) is 36.7 Å². The van der Waals surface area contributed by atoms with Crippen molar-refractivity contribution in [3.8, 4) is 0 Å². The molecule has 2 aliphatic rings. The van der Waals surface area contributed by atoms with Crippen molar-refractivity contribution in [2.75, 3.05) is 19.0 Å². The van der Waals surface area contributed by atoms with Gasteiger partial charge in [-0.2, -0.15) is 0 Å². The molecule has 0 bridgehead atoms.